The number of carbonyl (C=O) groups excluding carboxylic acids is 1. The highest BCUT2D eigenvalue weighted by molar-refractivity contribution is 9.10. The molecule has 0 radical (unpaired) electrons. The molecule has 19 heavy (non-hydrogen) atoms. The summed E-state index contributed by atoms with van der Waals surface area (Å²) in [5.41, 5.74) is 4.91. The van der Waals surface area contributed by atoms with Crippen LogP contribution in [-0.4, -0.2) is 35.7 Å². The number of halogens is 1. The molecule has 1 aromatic rings. The highest BCUT2D eigenvalue weighted by atomic mass is 79.9. The fraction of sp³-hybridized carbons (Fsp3) is 0.333. The van der Waals surface area contributed by atoms with Crippen molar-refractivity contribution in [2.24, 2.45) is 0 Å². The Bertz CT molecular complexity index is 526. The van der Waals surface area contributed by atoms with E-state index in [0.717, 1.165) is 4.47 Å². The Morgan fingerprint density at radius 2 is 2.21 bits per heavy atom. The molecule has 102 valence electrons. The molecule has 1 aromatic carbocycles. The van der Waals surface area contributed by atoms with Crippen LogP contribution < -0.4 is 11.1 Å². The van der Waals surface area contributed by atoms with Crippen LogP contribution in [0.1, 0.15) is 16.8 Å². The van der Waals surface area contributed by atoms with Crippen molar-refractivity contribution < 1.29 is 19.4 Å². The van der Waals surface area contributed by atoms with Gasteiger partial charge in [-0.15, -0.1) is 0 Å². The fourth-order valence-corrected chi connectivity index (χ4v) is 2.29. The standard InChI is InChI=1S/C12H13BrN2O4/c13-7-1-2-8(9(14)5-7)10(16)15-12(11(17)18)3-4-19-6-12/h1-2,5H,3-4,6,14H2,(H,15,16)(H,17,18). The zero-order valence-electron chi connectivity index (χ0n) is 9.98. The molecular formula is C12H13BrN2O4. The molecule has 6 nitrogen and oxygen atoms in total. The molecule has 0 aliphatic carbocycles. The van der Waals surface area contributed by atoms with Crippen molar-refractivity contribution in [1.29, 1.82) is 0 Å². The van der Waals surface area contributed by atoms with Crippen LogP contribution in [0.15, 0.2) is 22.7 Å². The Labute approximate surface area is 118 Å². The minimum atomic E-state index is -1.36. The summed E-state index contributed by atoms with van der Waals surface area (Å²) < 4.78 is 5.82. The van der Waals surface area contributed by atoms with Crippen LogP contribution in [-0.2, 0) is 9.53 Å². The number of nitrogens with one attached hydrogen (secondary N) is 1. The minimum absolute atomic E-state index is 0.0372. The van der Waals surface area contributed by atoms with E-state index in [-0.39, 0.29) is 24.3 Å². The molecule has 1 unspecified atom stereocenters. The zero-order chi connectivity index (χ0) is 14.0. The average Bonchev–Trinajstić information content (AvgIpc) is 2.78. The van der Waals surface area contributed by atoms with Crippen molar-refractivity contribution in [3.63, 3.8) is 0 Å². The maximum absolute atomic E-state index is 12.1. The third-order valence-corrected chi connectivity index (χ3v) is 3.54. The number of ether oxygens (including phenoxy) is 1. The van der Waals surface area contributed by atoms with Crippen LogP contribution in [0.5, 0.6) is 0 Å². The minimum Gasteiger partial charge on any atom is -0.479 e. The molecule has 1 heterocycles. The van der Waals surface area contributed by atoms with Gasteiger partial charge in [-0.2, -0.15) is 0 Å². The largest absolute Gasteiger partial charge is 0.479 e. The maximum Gasteiger partial charge on any atom is 0.331 e. The topological polar surface area (TPSA) is 102 Å². The number of amides is 1. The molecule has 0 aromatic heterocycles. The molecule has 0 spiro atoms. The Morgan fingerprint density at radius 1 is 1.47 bits per heavy atom. The zero-order valence-corrected chi connectivity index (χ0v) is 11.6. The Hall–Kier alpha value is -1.60. The molecule has 1 aliphatic heterocycles. The molecule has 4 N–H and O–H groups in total. The number of carboxylic acid groups (broad SMARTS) is 1. The number of hydrogen-bond acceptors (Lipinski definition) is 4. The number of carboxylic acids is 1. The maximum atomic E-state index is 12.1. The first-order valence-corrected chi connectivity index (χ1v) is 6.43. The van der Waals surface area contributed by atoms with Gasteiger partial charge in [0.2, 0.25) is 0 Å². The van der Waals surface area contributed by atoms with Crippen molar-refractivity contribution in [3.8, 4) is 0 Å². The molecule has 1 atom stereocenters. The first-order chi connectivity index (χ1) is 8.94. The van der Waals surface area contributed by atoms with Crippen LogP contribution >= 0.6 is 15.9 Å². The number of nitrogens with two attached hydrogens (primary N) is 1. The molecule has 0 saturated carbocycles. The van der Waals surface area contributed by atoms with Crippen LogP contribution in [0.3, 0.4) is 0 Å². The summed E-state index contributed by atoms with van der Waals surface area (Å²) >= 11 is 3.24. The van der Waals surface area contributed by atoms with Crippen LogP contribution in [0.4, 0.5) is 5.69 Å². The molecule has 1 aliphatic rings. The summed E-state index contributed by atoms with van der Waals surface area (Å²) in [4.78, 5) is 23.4. The van der Waals surface area contributed by atoms with Crippen LogP contribution in [0, 0.1) is 0 Å². The molecule has 1 amide bonds. The first kappa shape index (κ1) is 13.8. The number of benzene rings is 1. The van der Waals surface area contributed by atoms with Gasteiger partial charge < -0.3 is 20.9 Å². The summed E-state index contributed by atoms with van der Waals surface area (Å²) in [6.07, 6.45) is 0.241. The Morgan fingerprint density at radius 3 is 2.74 bits per heavy atom. The van der Waals surface area contributed by atoms with Crippen molar-refractivity contribution in [3.05, 3.63) is 28.2 Å². The number of hydrogen-bond donors (Lipinski definition) is 3. The van der Waals surface area contributed by atoms with Crippen molar-refractivity contribution >= 4 is 33.5 Å². The third-order valence-electron chi connectivity index (χ3n) is 3.04. The van der Waals surface area contributed by atoms with E-state index in [9.17, 15) is 14.7 Å². The van der Waals surface area contributed by atoms with E-state index in [1.54, 1.807) is 18.2 Å². The summed E-state index contributed by atoms with van der Waals surface area (Å²) in [6, 6.07) is 4.80. The van der Waals surface area contributed by atoms with E-state index in [1.807, 2.05) is 0 Å². The lowest BCUT2D eigenvalue weighted by molar-refractivity contribution is -0.144. The van der Waals surface area contributed by atoms with Gasteiger partial charge in [0.15, 0.2) is 5.54 Å². The van der Waals surface area contributed by atoms with E-state index in [4.69, 9.17) is 10.5 Å². The normalized spacial score (nSPS) is 22.2. The molecule has 7 heteroatoms. The average molecular weight is 329 g/mol. The van der Waals surface area contributed by atoms with Crippen LogP contribution in [0.25, 0.3) is 0 Å². The second-order valence-electron chi connectivity index (χ2n) is 4.38. The Kier molecular flexibility index (Phi) is 3.77. The molecule has 1 fully saturated rings. The van der Waals surface area contributed by atoms with Gasteiger partial charge in [0, 0.05) is 23.2 Å². The smallest absolute Gasteiger partial charge is 0.331 e. The van der Waals surface area contributed by atoms with Crippen LogP contribution in [0.2, 0.25) is 0 Å². The van der Waals surface area contributed by atoms with Gasteiger partial charge in [-0.05, 0) is 18.2 Å². The predicted molar refractivity (Wildman–Crippen MR) is 71.8 cm³/mol. The Balaban J connectivity index is 2.22. The van der Waals surface area contributed by atoms with Gasteiger partial charge in [-0.1, -0.05) is 15.9 Å². The number of rotatable bonds is 3. The fourth-order valence-electron chi connectivity index (χ4n) is 1.91. The number of nitrogen functional groups attached to an aromatic ring is 1. The summed E-state index contributed by atoms with van der Waals surface area (Å²) in [5, 5.41) is 11.7. The lowest BCUT2D eigenvalue weighted by atomic mass is 9.98. The van der Waals surface area contributed by atoms with Crippen molar-refractivity contribution in [2.75, 3.05) is 18.9 Å². The van der Waals surface area contributed by atoms with Gasteiger partial charge in [-0.25, -0.2) is 4.79 Å². The SMILES string of the molecule is Nc1cc(Br)ccc1C(=O)NC1(C(=O)O)CCOC1. The molecule has 1 saturated heterocycles. The van der Waals surface area contributed by atoms with Gasteiger partial charge in [0.05, 0.1) is 12.2 Å². The third kappa shape index (κ3) is 2.71. The van der Waals surface area contributed by atoms with Gasteiger partial charge in [0.1, 0.15) is 0 Å². The number of anilines is 1. The number of aliphatic carboxylic acids is 1. The quantitative estimate of drug-likeness (QED) is 0.718. The monoisotopic (exact) mass is 328 g/mol. The summed E-state index contributed by atoms with van der Waals surface area (Å²) in [6.45, 7) is 0.271. The van der Waals surface area contributed by atoms with E-state index < -0.39 is 17.4 Å². The first-order valence-electron chi connectivity index (χ1n) is 5.63. The van der Waals surface area contributed by atoms with E-state index in [1.165, 1.54) is 0 Å². The highest BCUT2D eigenvalue weighted by Gasteiger charge is 2.44. The van der Waals surface area contributed by atoms with E-state index in [2.05, 4.69) is 21.2 Å². The van der Waals surface area contributed by atoms with Gasteiger partial charge >= 0.3 is 5.97 Å². The van der Waals surface area contributed by atoms with Crippen molar-refractivity contribution in [1.82, 2.24) is 5.32 Å². The molecular weight excluding hydrogens is 316 g/mol. The van der Waals surface area contributed by atoms with E-state index >= 15 is 0 Å². The number of carbonyl (C=O) groups is 2. The lowest BCUT2D eigenvalue weighted by Crippen LogP contribution is -2.55. The summed E-state index contributed by atoms with van der Waals surface area (Å²) in [5.74, 6) is -1.62. The highest BCUT2D eigenvalue weighted by Crippen LogP contribution is 2.22. The van der Waals surface area contributed by atoms with Crippen molar-refractivity contribution in [2.45, 2.75) is 12.0 Å². The molecule has 0 bridgehead atoms. The van der Waals surface area contributed by atoms with Gasteiger partial charge in [0.25, 0.3) is 5.91 Å². The van der Waals surface area contributed by atoms with E-state index in [0.29, 0.717) is 6.61 Å². The summed E-state index contributed by atoms with van der Waals surface area (Å²) in [7, 11) is 0. The predicted octanol–water partition coefficient (Wildman–Crippen LogP) is 1.00. The molecule has 2 rings (SSSR count). The lowest BCUT2D eigenvalue weighted by Gasteiger charge is -2.24. The second kappa shape index (κ2) is 5.18. The second-order valence-corrected chi connectivity index (χ2v) is 5.29. The van der Waals surface area contributed by atoms with Gasteiger partial charge in [-0.3, -0.25) is 4.79 Å².